The third-order valence-electron chi connectivity index (χ3n) is 3.95. The van der Waals surface area contributed by atoms with E-state index in [9.17, 15) is 4.79 Å². The monoisotopic (exact) mass is 355 g/mol. The zero-order valence-corrected chi connectivity index (χ0v) is 13.7. The van der Waals surface area contributed by atoms with E-state index in [0.717, 1.165) is 54.3 Å². The molecule has 4 nitrogen and oxygen atoms in total. The highest BCUT2D eigenvalue weighted by Crippen LogP contribution is 2.30. The molecule has 0 bridgehead atoms. The molecule has 108 valence electrons. The summed E-state index contributed by atoms with van der Waals surface area (Å²) in [6.45, 7) is 3.60. The molecular weight excluding hydrogens is 338 g/mol. The zero-order valence-electron chi connectivity index (χ0n) is 11.3. The highest BCUT2D eigenvalue weighted by Gasteiger charge is 2.32. The molecule has 6 heteroatoms. The lowest BCUT2D eigenvalue weighted by Gasteiger charge is -2.29. The van der Waals surface area contributed by atoms with Crippen LogP contribution < -0.4 is 4.90 Å². The number of rotatable bonds is 2. The number of thioether (sulfide) groups is 1. The second kappa shape index (κ2) is 6.35. The van der Waals surface area contributed by atoms with Crippen molar-refractivity contribution in [1.82, 2.24) is 9.88 Å². The number of carbonyl (C=O) groups is 1. The van der Waals surface area contributed by atoms with E-state index >= 15 is 0 Å². The van der Waals surface area contributed by atoms with Gasteiger partial charge in [-0.15, -0.1) is 0 Å². The minimum absolute atomic E-state index is 0.151. The minimum Gasteiger partial charge on any atom is -0.370 e. The van der Waals surface area contributed by atoms with E-state index in [1.165, 1.54) is 0 Å². The van der Waals surface area contributed by atoms with Gasteiger partial charge in [0.2, 0.25) is 5.91 Å². The minimum atomic E-state index is 0.151. The summed E-state index contributed by atoms with van der Waals surface area (Å²) in [4.78, 5) is 21.0. The maximum Gasteiger partial charge on any atom is 0.227 e. The van der Waals surface area contributed by atoms with Crippen molar-refractivity contribution in [3.8, 4) is 0 Å². The Morgan fingerprint density at radius 3 is 2.90 bits per heavy atom. The predicted molar refractivity (Wildman–Crippen MR) is 86.2 cm³/mol. The molecule has 1 amide bonds. The number of amides is 1. The number of aromatic nitrogens is 1. The number of hydrogen-bond donors (Lipinski definition) is 0. The van der Waals surface area contributed by atoms with Crippen LogP contribution in [-0.4, -0.2) is 53.5 Å². The summed E-state index contributed by atoms with van der Waals surface area (Å²) in [5, 5.41) is 0. The standard InChI is InChI=1S/C14H18BrN3OS/c15-12-9-16-3-1-13(12)18-4-2-11(10-18)14(19)17-5-7-20-8-6-17/h1,3,9,11H,2,4-8,10H2. The fourth-order valence-corrected chi connectivity index (χ4v) is 4.25. The van der Waals surface area contributed by atoms with Crippen molar-refractivity contribution in [3.05, 3.63) is 22.9 Å². The fraction of sp³-hybridized carbons (Fsp3) is 0.571. The first kappa shape index (κ1) is 14.2. The maximum absolute atomic E-state index is 12.5. The number of halogens is 1. The highest BCUT2D eigenvalue weighted by atomic mass is 79.9. The number of carbonyl (C=O) groups excluding carboxylic acids is 1. The van der Waals surface area contributed by atoms with Crippen LogP contribution in [0.25, 0.3) is 0 Å². The Balaban J connectivity index is 1.64. The maximum atomic E-state index is 12.5. The molecule has 0 saturated carbocycles. The van der Waals surface area contributed by atoms with Crippen molar-refractivity contribution in [3.63, 3.8) is 0 Å². The summed E-state index contributed by atoms with van der Waals surface area (Å²) >= 11 is 5.48. The number of pyridine rings is 1. The van der Waals surface area contributed by atoms with E-state index < -0.39 is 0 Å². The molecule has 20 heavy (non-hydrogen) atoms. The molecule has 2 fully saturated rings. The van der Waals surface area contributed by atoms with E-state index in [4.69, 9.17) is 0 Å². The van der Waals surface area contributed by atoms with Crippen LogP contribution in [0, 0.1) is 5.92 Å². The van der Waals surface area contributed by atoms with Gasteiger partial charge in [-0.1, -0.05) is 0 Å². The van der Waals surface area contributed by atoms with Gasteiger partial charge in [0.05, 0.1) is 16.1 Å². The van der Waals surface area contributed by atoms with Crippen molar-refractivity contribution in [2.75, 3.05) is 42.6 Å². The molecule has 3 rings (SSSR count). The van der Waals surface area contributed by atoms with Gasteiger partial charge in [0.1, 0.15) is 0 Å². The van der Waals surface area contributed by atoms with E-state index in [2.05, 4.69) is 25.8 Å². The summed E-state index contributed by atoms with van der Waals surface area (Å²) in [6, 6.07) is 2.01. The molecule has 3 heterocycles. The fourth-order valence-electron chi connectivity index (χ4n) is 2.85. The molecule has 2 aliphatic rings. The SMILES string of the molecule is O=C(C1CCN(c2ccncc2Br)C1)N1CCSCC1. The molecule has 1 unspecified atom stereocenters. The van der Waals surface area contributed by atoms with Crippen LogP contribution in [-0.2, 0) is 4.79 Å². The third kappa shape index (κ3) is 2.96. The van der Waals surface area contributed by atoms with Gasteiger partial charge in [-0.3, -0.25) is 9.78 Å². The van der Waals surface area contributed by atoms with Gasteiger partial charge in [-0.25, -0.2) is 0 Å². The summed E-state index contributed by atoms with van der Waals surface area (Å²) in [6.07, 6.45) is 4.57. The summed E-state index contributed by atoms with van der Waals surface area (Å²) < 4.78 is 1.00. The molecule has 0 aliphatic carbocycles. The normalized spacial score (nSPS) is 23.1. The molecule has 0 radical (unpaired) electrons. The zero-order chi connectivity index (χ0) is 13.9. The molecule has 1 atom stereocenters. The van der Waals surface area contributed by atoms with E-state index in [0.29, 0.717) is 5.91 Å². The summed E-state index contributed by atoms with van der Waals surface area (Å²) in [7, 11) is 0. The topological polar surface area (TPSA) is 36.4 Å². The lowest BCUT2D eigenvalue weighted by Crippen LogP contribution is -2.42. The highest BCUT2D eigenvalue weighted by molar-refractivity contribution is 9.10. The number of hydrogen-bond acceptors (Lipinski definition) is 4. The Labute approximate surface area is 132 Å². The van der Waals surface area contributed by atoms with Crippen molar-refractivity contribution in [2.24, 2.45) is 5.92 Å². The van der Waals surface area contributed by atoms with Gasteiger partial charge < -0.3 is 9.80 Å². The van der Waals surface area contributed by atoms with E-state index in [1.54, 1.807) is 6.20 Å². The van der Waals surface area contributed by atoms with Gasteiger partial charge in [-0.05, 0) is 28.4 Å². The molecule has 0 N–H and O–H groups in total. The smallest absolute Gasteiger partial charge is 0.227 e. The van der Waals surface area contributed by atoms with Crippen molar-refractivity contribution >= 4 is 39.3 Å². The van der Waals surface area contributed by atoms with Crippen LogP contribution >= 0.6 is 27.7 Å². The molecule has 2 aliphatic heterocycles. The Hall–Kier alpha value is -0.750. The molecule has 1 aromatic rings. The first-order valence-electron chi connectivity index (χ1n) is 6.96. The van der Waals surface area contributed by atoms with Gasteiger partial charge in [0.25, 0.3) is 0 Å². The Morgan fingerprint density at radius 1 is 1.35 bits per heavy atom. The number of nitrogens with zero attached hydrogens (tertiary/aromatic N) is 3. The second-order valence-electron chi connectivity index (χ2n) is 5.20. The molecule has 2 saturated heterocycles. The summed E-state index contributed by atoms with van der Waals surface area (Å²) in [5.41, 5.74) is 1.14. The van der Waals surface area contributed by atoms with Crippen LogP contribution in [0.5, 0.6) is 0 Å². The summed E-state index contributed by atoms with van der Waals surface area (Å²) in [5.74, 6) is 2.66. The van der Waals surface area contributed by atoms with Gasteiger partial charge in [0, 0.05) is 50.1 Å². The first-order valence-corrected chi connectivity index (χ1v) is 8.91. The van der Waals surface area contributed by atoms with E-state index in [-0.39, 0.29) is 5.92 Å². The van der Waals surface area contributed by atoms with E-state index in [1.807, 2.05) is 28.9 Å². The average molecular weight is 356 g/mol. The van der Waals surface area contributed by atoms with Gasteiger partial charge in [-0.2, -0.15) is 11.8 Å². The largest absolute Gasteiger partial charge is 0.370 e. The van der Waals surface area contributed by atoms with Crippen molar-refractivity contribution < 1.29 is 4.79 Å². The van der Waals surface area contributed by atoms with Gasteiger partial charge in [0.15, 0.2) is 0 Å². The lowest BCUT2D eigenvalue weighted by molar-refractivity contribution is -0.134. The van der Waals surface area contributed by atoms with Crippen molar-refractivity contribution in [2.45, 2.75) is 6.42 Å². The van der Waals surface area contributed by atoms with Crippen LogP contribution in [0.3, 0.4) is 0 Å². The Bertz CT molecular complexity index is 493. The second-order valence-corrected chi connectivity index (χ2v) is 7.28. The molecule has 1 aromatic heterocycles. The quantitative estimate of drug-likeness (QED) is 0.815. The molecule has 0 aromatic carbocycles. The first-order chi connectivity index (χ1) is 9.75. The molecule has 0 spiro atoms. The Kier molecular flexibility index (Phi) is 4.51. The van der Waals surface area contributed by atoms with Crippen LogP contribution in [0.15, 0.2) is 22.9 Å². The predicted octanol–water partition coefficient (Wildman–Crippen LogP) is 2.25. The Morgan fingerprint density at radius 2 is 2.15 bits per heavy atom. The number of anilines is 1. The van der Waals surface area contributed by atoms with Gasteiger partial charge >= 0.3 is 0 Å². The third-order valence-corrected chi connectivity index (χ3v) is 5.51. The van der Waals surface area contributed by atoms with Crippen LogP contribution in [0.1, 0.15) is 6.42 Å². The van der Waals surface area contributed by atoms with Crippen LogP contribution in [0.2, 0.25) is 0 Å². The van der Waals surface area contributed by atoms with Crippen LogP contribution in [0.4, 0.5) is 5.69 Å². The van der Waals surface area contributed by atoms with Crippen molar-refractivity contribution in [1.29, 1.82) is 0 Å². The lowest BCUT2D eigenvalue weighted by atomic mass is 10.1. The molecular formula is C14H18BrN3OS. The average Bonchev–Trinajstić information content (AvgIpc) is 2.97.